The molecule has 1 aliphatic rings. The molecule has 2 aromatic rings. The second-order valence-corrected chi connectivity index (χ2v) is 4.99. The SMILES string of the molecule is Oc1ccc(-c2ccc(OC3CCCCO3)cc2)cc1. The third-order valence-electron chi connectivity index (χ3n) is 3.46. The molecule has 1 fully saturated rings. The van der Waals surface area contributed by atoms with E-state index in [1.807, 2.05) is 36.4 Å². The molecule has 20 heavy (non-hydrogen) atoms. The highest BCUT2D eigenvalue weighted by Gasteiger charge is 2.14. The quantitative estimate of drug-likeness (QED) is 0.917. The van der Waals surface area contributed by atoms with Gasteiger partial charge in [-0.3, -0.25) is 0 Å². The van der Waals surface area contributed by atoms with Gasteiger partial charge >= 0.3 is 0 Å². The molecular weight excluding hydrogens is 252 g/mol. The minimum Gasteiger partial charge on any atom is -0.508 e. The number of hydrogen-bond acceptors (Lipinski definition) is 3. The van der Waals surface area contributed by atoms with Crippen LogP contribution in [0.3, 0.4) is 0 Å². The Hall–Kier alpha value is -2.00. The number of rotatable bonds is 3. The number of aromatic hydroxyl groups is 1. The van der Waals surface area contributed by atoms with Gasteiger partial charge in [0, 0.05) is 6.42 Å². The first-order chi connectivity index (χ1) is 9.81. The Kier molecular flexibility index (Phi) is 3.88. The van der Waals surface area contributed by atoms with E-state index in [1.54, 1.807) is 12.1 Å². The molecular formula is C17H18O3. The van der Waals surface area contributed by atoms with Crippen molar-refractivity contribution in [2.45, 2.75) is 25.6 Å². The van der Waals surface area contributed by atoms with Crippen molar-refractivity contribution in [3.63, 3.8) is 0 Å². The van der Waals surface area contributed by atoms with Crippen LogP contribution in [0.2, 0.25) is 0 Å². The Balaban J connectivity index is 1.69. The van der Waals surface area contributed by atoms with E-state index in [2.05, 4.69) is 0 Å². The van der Waals surface area contributed by atoms with Gasteiger partial charge in [-0.25, -0.2) is 0 Å². The van der Waals surface area contributed by atoms with Gasteiger partial charge in [-0.1, -0.05) is 24.3 Å². The van der Waals surface area contributed by atoms with E-state index in [1.165, 1.54) is 0 Å². The van der Waals surface area contributed by atoms with Crippen LogP contribution in [0.1, 0.15) is 19.3 Å². The summed E-state index contributed by atoms with van der Waals surface area (Å²) in [7, 11) is 0. The first kappa shape index (κ1) is 13.0. The maximum Gasteiger partial charge on any atom is 0.199 e. The maximum absolute atomic E-state index is 9.30. The maximum atomic E-state index is 9.30. The third-order valence-corrected chi connectivity index (χ3v) is 3.46. The van der Waals surface area contributed by atoms with Gasteiger partial charge in [0.2, 0.25) is 0 Å². The summed E-state index contributed by atoms with van der Waals surface area (Å²) in [5, 5.41) is 9.30. The van der Waals surface area contributed by atoms with Gasteiger partial charge < -0.3 is 14.6 Å². The Labute approximate surface area is 118 Å². The molecule has 0 spiro atoms. The smallest absolute Gasteiger partial charge is 0.199 e. The summed E-state index contributed by atoms with van der Waals surface area (Å²) in [4.78, 5) is 0. The number of hydrogen-bond donors (Lipinski definition) is 1. The highest BCUT2D eigenvalue weighted by Crippen LogP contribution is 2.25. The summed E-state index contributed by atoms with van der Waals surface area (Å²) in [5.41, 5.74) is 2.17. The van der Waals surface area contributed by atoms with Crippen LogP contribution in [0.5, 0.6) is 11.5 Å². The molecule has 3 nitrogen and oxygen atoms in total. The molecule has 0 aliphatic carbocycles. The van der Waals surface area contributed by atoms with Gasteiger partial charge in [0.25, 0.3) is 0 Å². The molecule has 0 radical (unpaired) electrons. The minimum absolute atomic E-state index is 0.108. The van der Waals surface area contributed by atoms with Crippen molar-refractivity contribution >= 4 is 0 Å². The third kappa shape index (κ3) is 3.11. The Morgan fingerprint density at radius 1 is 0.900 bits per heavy atom. The van der Waals surface area contributed by atoms with E-state index >= 15 is 0 Å². The average molecular weight is 270 g/mol. The number of ether oxygens (including phenoxy) is 2. The van der Waals surface area contributed by atoms with Gasteiger partial charge in [-0.2, -0.15) is 0 Å². The van der Waals surface area contributed by atoms with Gasteiger partial charge in [0.1, 0.15) is 11.5 Å². The predicted octanol–water partition coefficient (Wildman–Crippen LogP) is 3.96. The second kappa shape index (κ2) is 5.97. The lowest BCUT2D eigenvalue weighted by molar-refractivity contribution is -0.105. The van der Waals surface area contributed by atoms with Crippen molar-refractivity contribution in [3.8, 4) is 22.6 Å². The van der Waals surface area contributed by atoms with Crippen molar-refractivity contribution in [1.82, 2.24) is 0 Å². The van der Waals surface area contributed by atoms with E-state index in [-0.39, 0.29) is 12.0 Å². The van der Waals surface area contributed by atoms with Crippen molar-refractivity contribution < 1.29 is 14.6 Å². The lowest BCUT2D eigenvalue weighted by Crippen LogP contribution is -2.24. The summed E-state index contributed by atoms with van der Waals surface area (Å²) in [5.74, 6) is 1.11. The van der Waals surface area contributed by atoms with Crippen LogP contribution >= 0.6 is 0 Å². The zero-order valence-corrected chi connectivity index (χ0v) is 11.3. The number of phenolic OH excluding ortho intramolecular Hbond substituents is 1. The van der Waals surface area contributed by atoms with E-state index in [0.29, 0.717) is 0 Å². The van der Waals surface area contributed by atoms with Gasteiger partial charge in [-0.15, -0.1) is 0 Å². The molecule has 0 bridgehead atoms. The van der Waals surface area contributed by atoms with Crippen molar-refractivity contribution in [3.05, 3.63) is 48.5 Å². The monoisotopic (exact) mass is 270 g/mol. The van der Waals surface area contributed by atoms with E-state index in [0.717, 1.165) is 42.7 Å². The second-order valence-electron chi connectivity index (χ2n) is 4.99. The molecule has 0 saturated carbocycles. The summed E-state index contributed by atoms with van der Waals surface area (Å²) < 4.78 is 11.4. The molecule has 1 saturated heterocycles. The summed E-state index contributed by atoms with van der Waals surface area (Å²) in [6.45, 7) is 0.788. The standard InChI is InChI=1S/C17H18O3/c18-15-8-4-13(5-9-15)14-6-10-16(11-7-14)20-17-3-1-2-12-19-17/h4-11,17-18H,1-3,12H2. The summed E-state index contributed by atoms with van der Waals surface area (Å²) in [6.07, 6.45) is 3.14. The van der Waals surface area contributed by atoms with Crippen molar-refractivity contribution in [1.29, 1.82) is 0 Å². The highest BCUT2D eigenvalue weighted by molar-refractivity contribution is 5.64. The average Bonchev–Trinajstić information content (AvgIpc) is 2.50. The largest absolute Gasteiger partial charge is 0.508 e. The van der Waals surface area contributed by atoms with Crippen molar-refractivity contribution in [2.24, 2.45) is 0 Å². The minimum atomic E-state index is -0.108. The van der Waals surface area contributed by atoms with Crippen molar-refractivity contribution in [2.75, 3.05) is 6.61 Å². The molecule has 0 aromatic heterocycles. The topological polar surface area (TPSA) is 38.7 Å². The molecule has 3 rings (SSSR count). The fourth-order valence-corrected chi connectivity index (χ4v) is 2.34. The zero-order chi connectivity index (χ0) is 13.8. The van der Waals surface area contributed by atoms with Crippen LogP contribution in [0.25, 0.3) is 11.1 Å². The molecule has 1 heterocycles. The first-order valence-corrected chi connectivity index (χ1v) is 6.99. The van der Waals surface area contributed by atoms with E-state index in [4.69, 9.17) is 9.47 Å². The molecule has 104 valence electrons. The lowest BCUT2D eigenvalue weighted by atomic mass is 10.1. The Morgan fingerprint density at radius 2 is 1.55 bits per heavy atom. The number of phenols is 1. The lowest BCUT2D eigenvalue weighted by Gasteiger charge is -2.23. The zero-order valence-electron chi connectivity index (χ0n) is 11.3. The predicted molar refractivity (Wildman–Crippen MR) is 77.8 cm³/mol. The molecule has 3 heteroatoms. The van der Waals surface area contributed by atoms with Crippen LogP contribution in [0, 0.1) is 0 Å². The fraction of sp³-hybridized carbons (Fsp3) is 0.294. The van der Waals surface area contributed by atoms with E-state index < -0.39 is 0 Å². The molecule has 1 atom stereocenters. The van der Waals surface area contributed by atoms with Gasteiger partial charge in [0.15, 0.2) is 6.29 Å². The summed E-state index contributed by atoms with van der Waals surface area (Å²) in [6, 6.07) is 15.1. The van der Waals surface area contributed by atoms with Gasteiger partial charge in [-0.05, 0) is 48.2 Å². The Morgan fingerprint density at radius 3 is 2.15 bits per heavy atom. The molecule has 1 aliphatic heterocycles. The first-order valence-electron chi connectivity index (χ1n) is 6.99. The normalized spacial score (nSPS) is 18.7. The van der Waals surface area contributed by atoms with Crippen LogP contribution in [-0.2, 0) is 4.74 Å². The Bertz CT molecular complexity index is 539. The number of benzene rings is 2. The summed E-state index contributed by atoms with van der Waals surface area (Å²) >= 11 is 0. The van der Waals surface area contributed by atoms with Crippen LogP contribution in [0.4, 0.5) is 0 Å². The molecule has 0 amide bonds. The highest BCUT2D eigenvalue weighted by atomic mass is 16.7. The van der Waals surface area contributed by atoms with Crippen LogP contribution in [-0.4, -0.2) is 18.0 Å². The van der Waals surface area contributed by atoms with Gasteiger partial charge in [0.05, 0.1) is 6.61 Å². The molecule has 1 unspecified atom stereocenters. The van der Waals surface area contributed by atoms with E-state index in [9.17, 15) is 5.11 Å². The fourth-order valence-electron chi connectivity index (χ4n) is 2.34. The molecule has 1 N–H and O–H groups in total. The molecule has 2 aromatic carbocycles. The van der Waals surface area contributed by atoms with Crippen LogP contribution < -0.4 is 4.74 Å². The van der Waals surface area contributed by atoms with Crippen LogP contribution in [0.15, 0.2) is 48.5 Å².